The Balaban J connectivity index is 1.27. The summed E-state index contributed by atoms with van der Waals surface area (Å²) in [5.41, 5.74) is 0.304. The van der Waals surface area contributed by atoms with Gasteiger partial charge in [0, 0.05) is 30.5 Å². The number of fused-ring (bicyclic) bond motifs is 2. The van der Waals surface area contributed by atoms with Crippen LogP contribution in [0.3, 0.4) is 0 Å². The molecule has 3 aliphatic rings. The van der Waals surface area contributed by atoms with Crippen molar-refractivity contribution in [2.75, 3.05) is 19.8 Å². The highest BCUT2D eigenvalue weighted by Crippen LogP contribution is 2.60. The molecule has 3 fully saturated rings. The third-order valence-corrected chi connectivity index (χ3v) is 6.12. The van der Waals surface area contributed by atoms with Crippen LogP contribution in [0.5, 0.6) is 5.75 Å². The van der Waals surface area contributed by atoms with Crippen LogP contribution >= 0.6 is 0 Å². The van der Waals surface area contributed by atoms with E-state index in [1.54, 1.807) is 12.1 Å². The molecule has 0 aromatic heterocycles. The number of aliphatic hydroxyl groups excluding tert-OH is 1. The van der Waals surface area contributed by atoms with E-state index in [4.69, 9.17) is 9.47 Å². The van der Waals surface area contributed by atoms with Crippen LogP contribution in [0.2, 0.25) is 0 Å². The summed E-state index contributed by atoms with van der Waals surface area (Å²) in [5, 5.41) is 13.8. The molecule has 5 heteroatoms. The number of aliphatic hydroxyl groups is 1. The number of ether oxygens (including phenoxy) is 2. The molecule has 4 atom stereocenters. The van der Waals surface area contributed by atoms with Gasteiger partial charge >= 0.3 is 0 Å². The lowest BCUT2D eigenvalue weighted by Crippen LogP contribution is -2.68. The fourth-order valence-electron chi connectivity index (χ4n) is 5.05. The molecule has 2 N–H and O–H groups in total. The molecule has 1 saturated heterocycles. The van der Waals surface area contributed by atoms with E-state index >= 15 is 0 Å². The van der Waals surface area contributed by atoms with E-state index < -0.39 is 6.10 Å². The molecule has 24 heavy (non-hydrogen) atoms. The van der Waals surface area contributed by atoms with Crippen molar-refractivity contribution >= 4 is 0 Å². The third kappa shape index (κ3) is 2.83. The minimum Gasteiger partial charge on any atom is -0.491 e. The van der Waals surface area contributed by atoms with Crippen LogP contribution in [0.4, 0.5) is 4.39 Å². The Kier molecular flexibility index (Phi) is 4.50. The van der Waals surface area contributed by atoms with Crippen molar-refractivity contribution in [2.45, 2.75) is 50.4 Å². The van der Waals surface area contributed by atoms with Crippen molar-refractivity contribution in [2.24, 2.45) is 11.3 Å². The average Bonchev–Trinajstić information content (AvgIpc) is 3.23. The van der Waals surface area contributed by atoms with E-state index in [9.17, 15) is 9.50 Å². The van der Waals surface area contributed by atoms with Crippen LogP contribution in [0.25, 0.3) is 0 Å². The van der Waals surface area contributed by atoms with Gasteiger partial charge in [-0.05, 0) is 43.5 Å². The summed E-state index contributed by atoms with van der Waals surface area (Å²) in [6, 6.07) is 6.34. The first-order valence-corrected chi connectivity index (χ1v) is 9.10. The highest BCUT2D eigenvalue weighted by atomic mass is 19.1. The third-order valence-electron chi connectivity index (χ3n) is 6.12. The zero-order chi connectivity index (χ0) is 16.6. The SMILES string of the molecule is OC(CNC1C2CCOC2C12CCCC2)COc1ccc(F)cc1. The van der Waals surface area contributed by atoms with Gasteiger partial charge in [0.2, 0.25) is 0 Å². The monoisotopic (exact) mass is 335 g/mol. The molecule has 2 saturated carbocycles. The maximum Gasteiger partial charge on any atom is 0.123 e. The van der Waals surface area contributed by atoms with Crippen LogP contribution in [0.1, 0.15) is 32.1 Å². The molecule has 4 unspecified atom stereocenters. The Morgan fingerprint density at radius 2 is 2.04 bits per heavy atom. The van der Waals surface area contributed by atoms with Gasteiger partial charge in [0.05, 0.1) is 6.10 Å². The van der Waals surface area contributed by atoms with Gasteiger partial charge in [0.25, 0.3) is 0 Å². The molecule has 4 nitrogen and oxygen atoms in total. The molecule has 0 radical (unpaired) electrons. The second-order valence-electron chi connectivity index (χ2n) is 7.49. The van der Waals surface area contributed by atoms with Crippen molar-refractivity contribution < 1.29 is 19.0 Å². The van der Waals surface area contributed by atoms with Gasteiger partial charge < -0.3 is 19.9 Å². The fraction of sp³-hybridized carbons (Fsp3) is 0.684. The molecular formula is C19H26FNO3. The standard InChI is InChI=1S/C19H26FNO3/c20-13-3-5-15(6-4-13)24-12-14(22)11-21-17-16-7-10-23-18(16)19(17)8-1-2-9-19/h3-6,14,16-18,21-22H,1-2,7-12H2. The van der Waals surface area contributed by atoms with E-state index in [1.807, 2.05) is 0 Å². The fourth-order valence-corrected chi connectivity index (χ4v) is 5.05. The average molecular weight is 335 g/mol. The van der Waals surface area contributed by atoms with Gasteiger partial charge in [-0.1, -0.05) is 12.8 Å². The first kappa shape index (κ1) is 16.3. The second kappa shape index (κ2) is 6.62. The first-order chi connectivity index (χ1) is 11.7. The topological polar surface area (TPSA) is 50.7 Å². The minimum atomic E-state index is -0.574. The maximum absolute atomic E-state index is 12.9. The van der Waals surface area contributed by atoms with E-state index in [-0.39, 0.29) is 12.4 Å². The zero-order valence-corrected chi connectivity index (χ0v) is 13.9. The summed E-state index contributed by atoms with van der Waals surface area (Å²) >= 11 is 0. The van der Waals surface area contributed by atoms with Crippen molar-refractivity contribution in [1.29, 1.82) is 0 Å². The normalized spacial score (nSPS) is 31.7. The Labute approximate surface area is 142 Å². The van der Waals surface area contributed by atoms with Gasteiger partial charge in [-0.25, -0.2) is 4.39 Å². The number of hydrogen-bond acceptors (Lipinski definition) is 4. The summed E-state index contributed by atoms with van der Waals surface area (Å²) in [4.78, 5) is 0. The number of halogens is 1. The Hall–Kier alpha value is -1.17. The van der Waals surface area contributed by atoms with E-state index in [1.165, 1.54) is 37.8 Å². The quantitative estimate of drug-likeness (QED) is 0.839. The highest BCUT2D eigenvalue weighted by molar-refractivity contribution is 5.22. The first-order valence-electron chi connectivity index (χ1n) is 9.10. The van der Waals surface area contributed by atoms with Crippen molar-refractivity contribution in [3.63, 3.8) is 0 Å². The van der Waals surface area contributed by atoms with Crippen LogP contribution in [0.15, 0.2) is 24.3 Å². The van der Waals surface area contributed by atoms with Crippen molar-refractivity contribution in [1.82, 2.24) is 5.32 Å². The summed E-state index contributed by atoms with van der Waals surface area (Å²) in [5.74, 6) is 0.897. The molecule has 1 aromatic carbocycles. The van der Waals surface area contributed by atoms with E-state index in [2.05, 4.69) is 5.32 Å². The summed E-state index contributed by atoms with van der Waals surface area (Å²) in [6.45, 7) is 1.62. The lowest BCUT2D eigenvalue weighted by molar-refractivity contribution is -0.132. The van der Waals surface area contributed by atoms with Crippen LogP contribution in [-0.2, 0) is 4.74 Å². The van der Waals surface area contributed by atoms with Crippen molar-refractivity contribution in [3.05, 3.63) is 30.1 Å². The highest BCUT2D eigenvalue weighted by Gasteiger charge is 2.64. The van der Waals surface area contributed by atoms with Crippen LogP contribution in [0, 0.1) is 17.2 Å². The van der Waals surface area contributed by atoms with Crippen molar-refractivity contribution in [3.8, 4) is 5.75 Å². The molecule has 4 rings (SSSR count). The van der Waals surface area contributed by atoms with Gasteiger partial charge in [-0.15, -0.1) is 0 Å². The van der Waals surface area contributed by atoms with Gasteiger partial charge in [0.15, 0.2) is 0 Å². The zero-order valence-electron chi connectivity index (χ0n) is 13.9. The molecule has 132 valence electrons. The molecule has 1 aliphatic heterocycles. The number of nitrogens with one attached hydrogen (secondary N) is 1. The number of rotatable bonds is 6. The molecular weight excluding hydrogens is 309 g/mol. The molecule has 1 heterocycles. The lowest BCUT2D eigenvalue weighted by atomic mass is 9.54. The van der Waals surface area contributed by atoms with E-state index in [0.29, 0.717) is 35.8 Å². The van der Waals surface area contributed by atoms with Gasteiger partial charge in [-0.3, -0.25) is 0 Å². The van der Waals surface area contributed by atoms with Crippen LogP contribution in [-0.4, -0.2) is 43.1 Å². The predicted molar refractivity (Wildman–Crippen MR) is 88.4 cm³/mol. The summed E-state index contributed by atoms with van der Waals surface area (Å²) < 4.78 is 24.4. The largest absolute Gasteiger partial charge is 0.491 e. The van der Waals surface area contributed by atoms with E-state index in [0.717, 1.165) is 13.0 Å². The Morgan fingerprint density at radius 1 is 1.29 bits per heavy atom. The Morgan fingerprint density at radius 3 is 2.79 bits per heavy atom. The minimum absolute atomic E-state index is 0.211. The Bertz CT molecular complexity index is 558. The van der Waals surface area contributed by atoms with Gasteiger partial charge in [-0.2, -0.15) is 0 Å². The number of hydrogen-bond donors (Lipinski definition) is 2. The predicted octanol–water partition coefficient (Wildman–Crippen LogP) is 2.50. The molecule has 0 amide bonds. The lowest BCUT2D eigenvalue weighted by Gasteiger charge is -2.57. The summed E-state index contributed by atoms with van der Waals surface area (Å²) in [7, 11) is 0. The maximum atomic E-state index is 12.9. The molecule has 0 bridgehead atoms. The molecule has 1 spiro atoms. The molecule has 1 aromatic rings. The smallest absolute Gasteiger partial charge is 0.123 e. The second-order valence-corrected chi connectivity index (χ2v) is 7.49. The number of benzene rings is 1. The summed E-state index contributed by atoms with van der Waals surface area (Å²) in [6.07, 6.45) is 6.07. The van der Waals surface area contributed by atoms with Crippen LogP contribution < -0.4 is 10.1 Å². The van der Waals surface area contributed by atoms with Gasteiger partial charge in [0.1, 0.15) is 24.3 Å². The molecule has 2 aliphatic carbocycles.